The van der Waals surface area contributed by atoms with Crippen molar-refractivity contribution in [1.29, 1.82) is 0 Å². The topological polar surface area (TPSA) is 102 Å². The molecule has 1 amide bonds. The van der Waals surface area contributed by atoms with Gasteiger partial charge in [-0.3, -0.25) is 4.79 Å². The molecule has 0 spiro atoms. The fourth-order valence-corrected chi connectivity index (χ4v) is 1.68. The Morgan fingerprint density at radius 1 is 1.56 bits per heavy atom. The fraction of sp³-hybridized carbons (Fsp3) is 0.800. The Morgan fingerprint density at radius 3 is 2.69 bits per heavy atom. The predicted octanol–water partition coefficient (Wildman–Crippen LogP) is -0.528. The molecule has 1 saturated heterocycles. The Balaban J connectivity index is 2.43. The Hall–Kier alpha value is -1.14. The summed E-state index contributed by atoms with van der Waals surface area (Å²) in [7, 11) is 0. The van der Waals surface area contributed by atoms with Crippen LogP contribution in [0, 0.1) is 0 Å². The van der Waals surface area contributed by atoms with Crippen LogP contribution in [0.25, 0.3) is 0 Å². The predicted molar refractivity (Wildman–Crippen MR) is 56.8 cm³/mol. The molecule has 0 aromatic heterocycles. The Kier molecular flexibility index (Phi) is 4.70. The molecule has 0 radical (unpaired) electrons. The highest BCUT2D eigenvalue weighted by molar-refractivity contribution is 5.86. The van der Waals surface area contributed by atoms with Crippen LogP contribution in [-0.4, -0.2) is 41.8 Å². The van der Waals surface area contributed by atoms with Gasteiger partial charge in [-0.05, 0) is 19.3 Å². The van der Waals surface area contributed by atoms with Gasteiger partial charge < -0.3 is 20.9 Å². The van der Waals surface area contributed by atoms with Crippen molar-refractivity contribution in [2.45, 2.75) is 44.4 Å². The van der Waals surface area contributed by atoms with Gasteiger partial charge in [0.15, 0.2) is 0 Å². The van der Waals surface area contributed by atoms with Gasteiger partial charge in [-0.2, -0.15) is 0 Å². The zero-order valence-corrected chi connectivity index (χ0v) is 9.31. The largest absolute Gasteiger partial charge is 0.480 e. The molecule has 3 atom stereocenters. The van der Waals surface area contributed by atoms with Gasteiger partial charge in [0, 0.05) is 6.54 Å². The molecule has 4 N–H and O–H groups in total. The summed E-state index contributed by atoms with van der Waals surface area (Å²) < 4.78 is 5.37. The van der Waals surface area contributed by atoms with Crippen molar-refractivity contribution >= 4 is 11.9 Å². The lowest BCUT2D eigenvalue weighted by Gasteiger charge is -2.16. The smallest absolute Gasteiger partial charge is 0.326 e. The number of aliphatic carboxylic acids is 1. The first-order valence-electron chi connectivity index (χ1n) is 5.47. The number of carboxylic acid groups (broad SMARTS) is 1. The van der Waals surface area contributed by atoms with Gasteiger partial charge >= 0.3 is 5.97 Å². The SMILES string of the molecule is CC[C@@H](NC(=O)C1CCC(CN)O1)C(=O)O. The van der Waals surface area contributed by atoms with Gasteiger partial charge in [-0.15, -0.1) is 0 Å². The number of rotatable bonds is 5. The summed E-state index contributed by atoms with van der Waals surface area (Å²) in [5.74, 6) is -1.38. The summed E-state index contributed by atoms with van der Waals surface area (Å²) >= 11 is 0. The second-order valence-electron chi connectivity index (χ2n) is 3.87. The number of carbonyl (C=O) groups excluding carboxylic acids is 1. The lowest BCUT2D eigenvalue weighted by molar-refractivity contribution is -0.144. The Bertz CT molecular complexity index is 270. The molecule has 92 valence electrons. The first-order valence-corrected chi connectivity index (χ1v) is 5.47. The monoisotopic (exact) mass is 230 g/mol. The van der Waals surface area contributed by atoms with E-state index in [1.807, 2.05) is 0 Å². The molecule has 6 nitrogen and oxygen atoms in total. The highest BCUT2D eigenvalue weighted by atomic mass is 16.5. The van der Waals surface area contributed by atoms with E-state index in [1.165, 1.54) is 0 Å². The molecular formula is C10H18N2O4. The second-order valence-corrected chi connectivity index (χ2v) is 3.87. The van der Waals surface area contributed by atoms with Crippen molar-refractivity contribution in [3.8, 4) is 0 Å². The molecule has 0 aromatic rings. The molecule has 2 unspecified atom stereocenters. The molecule has 0 aromatic carbocycles. The van der Waals surface area contributed by atoms with Gasteiger partial charge in [-0.25, -0.2) is 4.79 Å². The second kappa shape index (κ2) is 5.81. The molecule has 1 rings (SSSR count). The number of carbonyl (C=O) groups is 2. The van der Waals surface area contributed by atoms with E-state index in [2.05, 4.69) is 5.32 Å². The van der Waals surface area contributed by atoms with E-state index in [-0.39, 0.29) is 12.0 Å². The third-order valence-corrected chi connectivity index (χ3v) is 2.69. The van der Waals surface area contributed by atoms with Gasteiger partial charge in [-0.1, -0.05) is 6.92 Å². The molecule has 1 aliphatic heterocycles. The zero-order chi connectivity index (χ0) is 12.1. The first kappa shape index (κ1) is 12.9. The van der Waals surface area contributed by atoms with Crippen LogP contribution >= 0.6 is 0 Å². The summed E-state index contributed by atoms with van der Waals surface area (Å²) in [4.78, 5) is 22.4. The normalized spacial score (nSPS) is 26.4. The molecular weight excluding hydrogens is 212 g/mol. The van der Waals surface area contributed by atoms with Crippen LogP contribution in [0.15, 0.2) is 0 Å². The van der Waals surface area contributed by atoms with Crippen molar-refractivity contribution in [3.05, 3.63) is 0 Å². The van der Waals surface area contributed by atoms with Crippen LogP contribution in [0.4, 0.5) is 0 Å². The fourth-order valence-electron chi connectivity index (χ4n) is 1.68. The number of hydrogen-bond acceptors (Lipinski definition) is 4. The van der Waals surface area contributed by atoms with E-state index in [4.69, 9.17) is 15.6 Å². The Labute approximate surface area is 94.1 Å². The minimum atomic E-state index is -1.02. The third kappa shape index (κ3) is 3.18. The number of nitrogens with one attached hydrogen (secondary N) is 1. The number of ether oxygens (including phenoxy) is 1. The van der Waals surface area contributed by atoms with Crippen LogP contribution < -0.4 is 11.1 Å². The molecule has 0 saturated carbocycles. The lowest BCUT2D eigenvalue weighted by Crippen LogP contribution is -2.45. The molecule has 16 heavy (non-hydrogen) atoms. The van der Waals surface area contributed by atoms with Gasteiger partial charge in [0.2, 0.25) is 5.91 Å². The summed E-state index contributed by atoms with van der Waals surface area (Å²) in [5, 5.41) is 11.2. The average Bonchev–Trinajstić information content (AvgIpc) is 2.73. The summed E-state index contributed by atoms with van der Waals surface area (Å²) in [6, 6.07) is -0.840. The van der Waals surface area contributed by atoms with E-state index in [1.54, 1.807) is 6.92 Å². The molecule has 1 aliphatic rings. The van der Waals surface area contributed by atoms with E-state index >= 15 is 0 Å². The number of nitrogens with two attached hydrogens (primary N) is 1. The van der Waals surface area contributed by atoms with Gasteiger partial charge in [0.05, 0.1) is 6.10 Å². The van der Waals surface area contributed by atoms with Crippen LogP contribution in [0.1, 0.15) is 26.2 Å². The lowest BCUT2D eigenvalue weighted by atomic mass is 10.1. The zero-order valence-electron chi connectivity index (χ0n) is 9.31. The molecule has 0 aliphatic carbocycles. The van der Waals surface area contributed by atoms with E-state index in [0.717, 1.165) is 6.42 Å². The standard InChI is InChI=1S/C10H18N2O4/c1-2-7(10(14)15)12-9(13)8-4-3-6(5-11)16-8/h6-8H,2-5,11H2,1H3,(H,12,13)(H,14,15)/t6?,7-,8?/m1/s1. The van der Waals surface area contributed by atoms with Crippen LogP contribution in [0.2, 0.25) is 0 Å². The van der Waals surface area contributed by atoms with Crippen molar-refractivity contribution in [2.24, 2.45) is 5.73 Å². The summed E-state index contributed by atoms with van der Waals surface area (Å²) in [6.07, 6.45) is 1.07. The highest BCUT2D eigenvalue weighted by Gasteiger charge is 2.31. The van der Waals surface area contributed by atoms with Crippen molar-refractivity contribution in [3.63, 3.8) is 0 Å². The maximum atomic E-state index is 11.6. The van der Waals surface area contributed by atoms with Crippen molar-refractivity contribution in [1.82, 2.24) is 5.32 Å². The van der Waals surface area contributed by atoms with Crippen LogP contribution in [-0.2, 0) is 14.3 Å². The molecule has 1 heterocycles. The number of hydrogen-bond donors (Lipinski definition) is 3. The van der Waals surface area contributed by atoms with E-state index in [0.29, 0.717) is 19.4 Å². The van der Waals surface area contributed by atoms with E-state index in [9.17, 15) is 9.59 Å². The van der Waals surface area contributed by atoms with Crippen molar-refractivity contribution < 1.29 is 19.4 Å². The molecule has 1 fully saturated rings. The quantitative estimate of drug-likeness (QED) is 0.589. The maximum absolute atomic E-state index is 11.6. The van der Waals surface area contributed by atoms with Gasteiger partial charge in [0.25, 0.3) is 0 Å². The first-order chi connectivity index (χ1) is 7.58. The van der Waals surface area contributed by atoms with Crippen LogP contribution in [0.5, 0.6) is 0 Å². The molecule has 0 bridgehead atoms. The summed E-state index contributed by atoms with van der Waals surface area (Å²) in [6.45, 7) is 2.09. The minimum Gasteiger partial charge on any atom is -0.480 e. The molecule has 6 heteroatoms. The van der Waals surface area contributed by atoms with Crippen molar-refractivity contribution in [2.75, 3.05) is 6.54 Å². The van der Waals surface area contributed by atoms with E-state index < -0.39 is 18.1 Å². The highest BCUT2D eigenvalue weighted by Crippen LogP contribution is 2.19. The van der Waals surface area contributed by atoms with Crippen LogP contribution in [0.3, 0.4) is 0 Å². The van der Waals surface area contributed by atoms with Gasteiger partial charge in [0.1, 0.15) is 12.1 Å². The number of carboxylic acids is 1. The maximum Gasteiger partial charge on any atom is 0.326 e. The minimum absolute atomic E-state index is 0.0827. The average molecular weight is 230 g/mol. The third-order valence-electron chi connectivity index (χ3n) is 2.69. The summed E-state index contributed by atoms with van der Waals surface area (Å²) in [5.41, 5.74) is 5.42. The Morgan fingerprint density at radius 2 is 2.25 bits per heavy atom. The number of amides is 1.